The van der Waals surface area contributed by atoms with Crippen molar-refractivity contribution in [3.05, 3.63) is 69.2 Å². The van der Waals surface area contributed by atoms with E-state index in [4.69, 9.17) is 33.8 Å². The van der Waals surface area contributed by atoms with E-state index in [0.29, 0.717) is 16.8 Å². The molecular weight excluding hydrogens is 544 g/mol. The number of primary sulfonamides is 1. The Labute approximate surface area is 222 Å². The summed E-state index contributed by atoms with van der Waals surface area (Å²) in [6.07, 6.45) is 1.56. The van der Waals surface area contributed by atoms with Crippen LogP contribution in [0.4, 0.5) is 4.39 Å². The maximum atomic E-state index is 14.4. The molecule has 37 heavy (non-hydrogen) atoms. The number of hydrogen-bond donors (Lipinski definition) is 4. The van der Waals surface area contributed by atoms with Gasteiger partial charge in [0.15, 0.2) is 5.82 Å². The highest BCUT2D eigenvalue weighted by atomic mass is 35.5. The van der Waals surface area contributed by atoms with Crippen molar-refractivity contribution in [2.45, 2.75) is 24.3 Å². The molecule has 3 aromatic rings. The summed E-state index contributed by atoms with van der Waals surface area (Å²) in [5.41, 5.74) is 1.67. The second-order valence-electron chi connectivity index (χ2n) is 8.30. The van der Waals surface area contributed by atoms with Crippen LogP contribution >= 0.6 is 23.2 Å². The van der Waals surface area contributed by atoms with E-state index in [1.807, 2.05) is 0 Å². The first-order chi connectivity index (χ1) is 17.4. The molecule has 1 atom stereocenters. The maximum Gasteiger partial charge on any atom is 0.256 e. The zero-order chi connectivity index (χ0) is 27.1. The second-order valence-corrected chi connectivity index (χ2v) is 10.7. The normalized spacial score (nSPS) is 17.6. The molecule has 0 aliphatic carbocycles. The predicted molar refractivity (Wildman–Crippen MR) is 138 cm³/mol. The number of nitrogens with zero attached hydrogens (tertiary/aromatic N) is 3. The van der Waals surface area contributed by atoms with Crippen LogP contribution in [0, 0.1) is 11.2 Å². The first-order valence-corrected chi connectivity index (χ1v) is 13.2. The minimum Gasteiger partial charge on any atom is -0.387 e. The summed E-state index contributed by atoms with van der Waals surface area (Å²) in [6.45, 7) is 1.86. The number of hydrogen-bond acceptors (Lipinski definition) is 7. The molecule has 1 fully saturated rings. The summed E-state index contributed by atoms with van der Waals surface area (Å²) in [7, 11) is -2.39. The molecule has 1 unspecified atom stereocenters. The number of halogens is 3. The fourth-order valence-electron chi connectivity index (χ4n) is 4.25. The van der Waals surface area contributed by atoms with Gasteiger partial charge in [-0.2, -0.15) is 5.10 Å². The smallest absolute Gasteiger partial charge is 0.256 e. The zero-order valence-electron chi connectivity index (χ0n) is 19.6. The van der Waals surface area contributed by atoms with Gasteiger partial charge in [-0.1, -0.05) is 23.2 Å². The summed E-state index contributed by atoms with van der Waals surface area (Å²) < 4.78 is 38.2. The molecular formula is C23H22Cl2FN7O3S. The first-order valence-electron chi connectivity index (χ1n) is 10.9. The minimum atomic E-state index is -4.02. The molecule has 10 nitrogen and oxygen atoms in total. The van der Waals surface area contributed by atoms with Crippen LogP contribution < -0.4 is 10.5 Å². The van der Waals surface area contributed by atoms with Crippen LogP contribution in [-0.4, -0.2) is 59.8 Å². The lowest BCUT2D eigenvalue weighted by Gasteiger charge is -2.36. The van der Waals surface area contributed by atoms with E-state index in [1.54, 1.807) is 20.0 Å². The maximum absolute atomic E-state index is 14.4. The van der Waals surface area contributed by atoms with Gasteiger partial charge in [-0.25, -0.2) is 22.9 Å². The number of likely N-dealkylation sites (tertiary alicyclic amines) is 1. The molecule has 1 saturated heterocycles. The minimum absolute atomic E-state index is 0.00330. The quantitative estimate of drug-likeness (QED) is 0.371. The first kappa shape index (κ1) is 26.7. The number of nitrogens with two attached hydrogens (primary N) is 1. The monoisotopic (exact) mass is 565 g/mol. The van der Waals surface area contributed by atoms with Crippen molar-refractivity contribution in [3.8, 4) is 11.4 Å². The van der Waals surface area contributed by atoms with Crippen molar-refractivity contribution >= 4 is 50.5 Å². The van der Waals surface area contributed by atoms with E-state index in [0.717, 1.165) is 12.1 Å². The number of carbonyl (C=O) groups is 1. The van der Waals surface area contributed by atoms with Crippen LogP contribution in [0.5, 0.6) is 0 Å². The lowest BCUT2D eigenvalue weighted by molar-refractivity contribution is 0.0728. The SMILES string of the molecule is CN/C(=C1/CCN(C(=O)c2cc(F)cc(-c3nc[nH]n3)c2Cl)C(C)C1=N)c1cc(Cl)cc(S(N)(=O)=O)c1. The Bertz CT molecular complexity index is 1540. The average Bonchev–Trinajstić information content (AvgIpc) is 3.37. The van der Waals surface area contributed by atoms with Crippen LogP contribution in [0.3, 0.4) is 0 Å². The molecule has 5 N–H and O–H groups in total. The molecule has 0 saturated carbocycles. The molecule has 0 bridgehead atoms. The Balaban J connectivity index is 1.70. The van der Waals surface area contributed by atoms with Gasteiger partial charge in [0.25, 0.3) is 5.91 Å². The highest BCUT2D eigenvalue weighted by molar-refractivity contribution is 7.89. The second kappa shape index (κ2) is 10.2. The number of piperidine rings is 1. The van der Waals surface area contributed by atoms with Crippen LogP contribution in [0.1, 0.15) is 29.3 Å². The Hall–Kier alpha value is -3.32. The van der Waals surface area contributed by atoms with Gasteiger partial charge >= 0.3 is 0 Å². The van der Waals surface area contributed by atoms with Crippen molar-refractivity contribution in [2.24, 2.45) is 5.14 Å². The van der Waals surface area contributed by atoms with Crippen molar-refractivity contribution in [2.75, 3.05) is 13.6 Å². The number of H-pyrrole nitrogens is 1. The zero-order valence-corrected chi connectivity index (χ0v) is 22.0. The molecule has 14 heteroatoms. The summed E-state index contributed by atoms with van der Waals surface area (Å²) in [5, 5.41) is 23.7. The Kier molecular flexibility index (Phi) is 7.38. The standard InChI is InChI=1S/C23H22Cl2FN7O3S/c1-11-20(27)16(21(29-2)12-5-13(24)7-15(6-12)37(28,35)36)3-4-33(11)23(34)18-9-14(26)8-17(19(18)25)22-30-10-31-32-22/h5-11,27,29H,3-4H2,1-2H3,(H2,28,35,36)(H,30,31,32)/b21-16-,27-20?. The van der Waals surface area contributed by atoms with E-state index in [1.165, 1.54) is 23.4 Å². The Morgan fingerprint density at radius 3 is 2.62 bits per heavy atom. The Morgan fingerprint density at radius 1 is 1.27 bits per heavy atom. The van der Waals surface area contributed by atoms with Crippen LogP contribution in [0.2, 0.25) is 10.0 Å². The van der Waals surface area contributed by atoms with E-state index in [2.05, 4.69) is 20.5 Å². The van der Waals surface area contributed by atoms with Crippen LogP contribution in [0.15, 0.2) is 47.1 Å². The van der Waals surface area contributed by atoms with E-state index in [9.17, 15) is 17.6 Å². The van der Waals surface area contributed by atoms with E-state index >= 15 is 0 Å². The molecule has 1 aliphatic rings. The van der Waals surface area contributed by atoms with E-state index in [-0.39, 0.29) is 50.6 Å². The third-order valence-corrected chi connectivity index (χ3v) is 7.56. The van der Waals surface area contributed by atoms with Crippen molar-refractivity contribution in [1.82, 2.24) is 25.4 Å². The molecule has 194 valence electrons. The van der Waals surface area contributed by atoms with E-state index < -0.39 is 27.8 Å². The number of rotatable bonds is 5. The van der Waals surface area contributed by atoms with Gasteiger partial charge in [0.05, 0.1) is 27.2 Å². The molecule has 4 rings (SSSR count). The van der Waals surface area contributed by atoms with Crippen LogP contribution in [0.25, 0.3) is 17.1 Å². The number of sulfonamides is 1. The van der Waals surface area contributed by atoms with Crippen molar-refractivity contribution < 1.29 is 17.6 Å². The molecule has 0 radical (unpaired) electrons. The molecule has 2 heterocycles. The largest absolute Gasteiger partial charge is 0.387 e. The lowest BCUT2D eigenvalue weighted by atomic mass is 9.90. The molecule has 2 aromatic carbocycles. The highest BCUT2D eigenvalue weighted by Gasteiger charge is 2.34. The van der Waals surface area contributed by atoms with Crippen molar-refractivity contribution in [1.29, 1.82) is 5.41 Å². The van der Waals surface area contributed by atoms with Gasteiger partial charge in [-0.15, -0.1) is 0 Å². The van der Waals surface area contributed by atoms with Crippen molar-refractivity contribution in [3.63, 3.8) is 0 Å². The summed E-state index contributed by atoms with van der Waals surface area (Å²) >= 11 is 12.6. The number of carbonyl (C=O) groups excluding carboxylic acids is 1. The summed E-state index contributed by atoms with van der Waals surface area (Å²) in [4.78, 5) is 18.7. The molecule has 1 aliphatic heterocycles. The average molecular weight is 566 g/mol. The third-order valence-electron chi connectivity index (χ3n) is 6.04. The van der Waals surface area contributed by atoms with Gasteiger partial charge in [-0.3, -0.25) is 9.89 Å². The predicted octanol–water partition coefficient (Wildman–Crippen LogP) is 3.45. The number of aromatic nitrogens is 3. The van der Waals surface area contributed by atoms with Gasteiger partial charge in [0, 0.05) is 41.0 Å². The summed E-state index contributed by atoms with van der Waals surface area (Å²) in [6, 6.07) is 5.65. The topological polar surface area (TPSA) is 158 Å². The number of amides is 1. The number of benzene rings is 2. The number of aromatic amines is 1. The van der Waals surface area contributed by atoms with Gasteiger partial charge in [0.1, 0.15) is 12.1 Å². The highest BCUT2D eigenvalue weighted by Crippen LogP contribution is 2.33. The third kappa shape index (κ3) is 5.23. The van der Waals surface area contributed by atoms with Gasteiger partial charge < -0.3 is 15.6 Å². The number of nitrogens with one attached hydrogen (secondary N) is 3. The fourth-order valence-corrected chi connectivity index (χ4v) is 5.40. The molecule has 0 spiro atoms. The summed E-state index contributed by atoms with van der Waals surface area (Å²) in [5.74, 6) is -1.10. The Morgan fingerprint density at radius 2 is 2.00 bits per heavy atom. The van der Waals surface area contributed by atoms with Gasteiger partial charge in [0.2, 0.25) is 10.0 Å². The van der Waals surface area contributed by atoms with Crippen LogP contribution in [-0.2, 0) is 10.0 Å². The molecule has 1 amide bonds. The van der Waals surface area contributed by atoms with Gasteiger partial charge in [-0.05, 0) is 43.7 Å². The lowest BCUT2D eigenvalue weighted by Crippen LogP contribution is -2.48. The fraction of sp³-hybridized carbons (Fsp3) is 0.217. The molecule has 1 aromatic heterocycles.